The maximum absolute atomic E-state index is 11.8. The predicted octanol–water partition coefficient (Wildman–Crippen LogP) is -3.22. The van der Waals surface area contributed by atoms with Crippen LogP contribution in [0.3, 0.4) is 0 Å². The summed E-state index contributed by atoms with van der Waals surface area (Å²) in [6, 6.07) is 1.52. The molecule has 0 bridgehead atoms. The van der Waals surface area contributed by atoms with Gasteiger partial charge < -0.3 is 36.2 Å². The van der Waals surface area contributed by atoms with Gasteiger partial charge in [0.2, 0.25) is 5.95 Å². The molecule has 0 unspecified atom stereocenters. The number of aliphatic hydroxyl groups is 2. The van der Waals surface area contributed by atoms with Gasteiger partial charge in [-0.2, -0.15) is 4.98 Å². The van der Waals surface area contributed by atoms with Crippen molar-refractivity contribution in [2.24, 2.45) is 0 Å². The molecule has 4 heterocycles. The number of H-pyrrole nitrogens is 2. The van der Waals surface area contributed by atoms with E-state index in [0.29, 0.717) is 5.82 Å². The van der Waals surface area contributed by atoms with E-state index in [1.54, 1.807) is 0 Å². The molecule has 0 amide bonds. The molecular formula is C14H19N8O9P. The molecule has 3 aromatic rings. The number of rotatable bonds is 4. The first-order chi connectivity index (χ1) is 15.0. The Morgan fingerprint density at radius 2 is 1.97 bits per heavy atom. The maximum Gasteiger partial charge on any atom is 0.470 e. The minimum Gasteiger partial charge on any atom is -0.394 e. The predicted molar refractivity (Wildman–Crippen MR) is 106 cm³/mol. The van der Waals surface area contributed by atoms with E-state index in [-0.39, 0.29) is 17.1 Å². The number of nitrogens with one attached hydrogen (secondary N) is 2. The lowest BCUT2D eigenvalue weighted by atomic mass is 10.1. The third-order valence-electron chi connectivity index (χ3n) is 4.17. The Morgan fingerprint density at radius 3 is 2.53 bits per heavy atom. The second kappa shape index (κ2) is 9.13. The van der Waals surface area contributed by atoms with Crippen LogP contribution in [0.25, 0.3) is 11.2 Å². The van der Waals surface area contributed by atoms with Crippen LogP contribution in [0.4, 0.5) is 11.8 Å². The highest BCUT2D eigenvalue weighted by Gasteiger charge is 2.48. The van der Waals surface area contributed by atoms with Crippen molar-refractivity contribution in [1.82, 2.24) is 29.5 Å². The Labute approximate surface area is 176 Å². The van der Waals surface area contributed by atoms with Crippen molar-refractivity contribution < 1.29 is 33.8 Å². The van der Waals surface area contributed by atoms with Crippen LogP contribution in [0.15, 0.2) is 28.2 Å². The minimum absolute atomic E-state index is 0.0358. The SMILES string of the molecule is Nc1ccnc(=O)[nH]1.Nc1nc2c(ncn2[C@@H]2O[C@H](CO)[C@@H](O)[C@H]2OP(=O)(O)O)c(=O)[nH]1. The van der Waals surface area contributed by atoms with E-state index in [4.69, 9.17) is 26.0 Å². The Morgan fingerprint density at radius 1 is 1.25 bits per heavy atom. The zero-order valence-electron chi connectivity index (χ0n) is 16.0. The highest BCUT2D eigenvalue weighted by Crippen LogP contribution is 2.44. The number of nitrogens with two attached hydrogens (primary N) is 2. The number of hydrogen-bond acceptors (Lipinski definition) is 12. The molecule has 1 fully saturated rings. The van der Waals surface area contributed by atoms with E-state index in [1.165, 1.54) is 12.3 Å². The van der Waals surface area contributed by atoms with Gasteiger partial charge in [-0.1, -0.05) is 0 Å². The maximum atomic E-state index is 11.8. The molecule has 10 N–H and O–H groups in total. The van der Waals surface area contributed by atoms with E-state index in [2.05, 4.69) is 29.4 Å². The Kier molecular flexibility index (Phi) is 6.70. The van der Waals surface area contributed by atoms with Crippen LogP contribution in [0.1, 0.15) is 6.23 Å². The topological polar surface area (TPSA) is 278 Å². The van der Waals surface area contributed by atoms with Crippen LogP contribution in [0, 0.1) is 0 Å². The van der Waals surface area contributed by atoms with E-state index in [0.717, 1.165) is 10.9 Å². The van der Waals surface area contributed by atoms with Crippen molar-refractivity contribution >= 4 is 30.8 Å². The van der Waals surface area contributed by atoms with E-state index < -0.39 is 50.2 Å². The molecule has 3 aromatic heterocycles. The average molecular weight is 474 g/mol. The van der Waals surface area contributed by atoms with Gasteiger partial charge in [-0.05, 0) is 6.07 Å². The van der Waals surface area contributed by atoms with E-state index >= 15 is 0 Å². The van der Waals surface area contributed by atoms with Gasteiger partial charge in [0, 0.05) is 6.20 Å². The normalized spacial score (nSPS) is 23.1. The third-order valence-corrected chi connectivity index (χ3v) is 4.69. The Bertz CT molecular complexity index is 1250. The third kappa shape index (κ3) is 5.17. The van der Waals surface area contributed by atoms with Crippen molar-refractivity contribution in [1.29, 1.82) is 0 Å². The summed E-state index contributed by atoms with van der Waals surface area (Å²) in [5.41, 5.74) is 9.47. The number of ether oxygens (including phenoxy) is 1. The molecule has 1 saturated heterocycles. The van der Waals surface area contributed by atoms with Crippen molar-refractivity contribution in [3.63, 3.8) is 0 Å². The number of nitrogens with zero attached hydrogens (tertiary/aromatic N) is 4. The van der Waals surface area contributed by atoms with Crippen LogP contribution in [0.5, 0.6) is 0 Å². The zero-order valence-corrected chi connectivity index (χ0v) is 16.9. The number of imidazole rings is 1. The quantitative estimate of drug-likeness (QED) is 0.173. The van der Waals surface area contributed by atoms with Crippen LogP contribution < -0.4 is 22.7 Å². The lowest BCUT2D eigenvalue weighted by molar-refractivity contribution is -0.0505. The van der Waals surface area contributed by atoms with Gasteiger partial charge in [0.1, 0.15) is 24.1 Å². The standard InChI is InChI=1S/C10H14N5O8P.C4H5N3O/c11-10-13-7-4(8(18)14-10)12-2-15(7)9-6(23-24(19,20)21)5(17)3(1-16)22-9;5-3-1-2-6-4(8)7-3/h2-3,5-6,9,16-17H,1H2,(H2,19,20,21)(H3,11,13,14,18);1-2H,(H3,5,6,7,8)/t3-,5-,6-,9-;/m1./s1. The number of aromatic amines is 2. The summed E-state index contributed by atoms with van der Waals surface area (Å²) in [5.74, 6) is 0.129. The molecule has 17 nitrogen and oxygen atoms in total. The number of hydrogen-bond donors (Lipinski definition) is 8. The first-order valence-corrected chi connectivity index (χ1v) is 10.2. The van der Waals surface area contributed by atoms with Gasteiger partial charge in [0.25, 0.3) is 5.56 Å². The highest BCUT2D eigenvalue weighted by molar-refractivity contribution is 7.46. The lowest BCUT2D eigenvalue weighted by Crippen LogP contribution is -2.34. The fraction of sp³-hybridized carbons (Fsp3) is 0.357. The minimum atomic E-state index is -4.98. The summed E-state index contributed by atoms with van der Waals surface area (Å²) < 4.78 is 22.2. The number of aliphatic hydroxyl groups excluding tert-OH is 2. The number of phosphoric acid groups is 1. The molecule has 0 aliphatic carbocycles. The molecule has 1 aliphatic heterocycles. The van der Waals surface area contributed by atoms with Crippen LogP contribution in [-0.4, -0.2) is 74.4 Å². The van der Waals surface area contributed by atoms with Crippen molar-refractivity contribution in [2.75, 3.05) is 18.1 Å². The fourth-order valence-corrected chi connectivity index (χ4v) is 3.42. The summed E-state index contributed by atoms with van der Waals surface area (Å²) in [5, 5.41) is 19.3. The fourth-order valence-electron chi connectivity index (χ4n) is 2.88. The monoisotopic (exact) mass is 474 g/mol. The molecule has 0 radical (unpaired) electrons. The van der Waals surface area contributed by atoms with Crippen LogP contribution in [-0.2, 0) is 13.8 Å². The van der Waals surface area contributed by atoms with Crippen LogP contribution in [0.2, 0.25) is 0 Å². The summed E-state index contributed by atoms with van der Waals surface area (Å²) in [6.07, 6.45) is -3.06. The number of nitrogen functional groups attached to an aromatic ring is 2. The smallest absolute Gasteiger partial charge is 0.394 e. The largest absolute Gasteiger partial charge is 0.470 e. The van der Waals surface area contributed by atoms with Gasteiger partial charge in [0.15, 0.2) is 17.4 Å². The first-order valence-electron chi connectivity index (χ1n) is 8.71. The second-order valence-corrected chi connectivity index (χ2v) is 7.60. The molecule has 0 saturated carbocycles. The first kappa shape index (κ1) is 23.5. The molecular weight excluding hydrogens is 455 g/mol. The van der Waals surface area contributed by atoms with Crippen molar-refractivity contribution in [3.05, 3.63) is 39.4 Å². The average Bonchev–Trinajstić information content (AvgIpc) is 3.22. The highest BCUT2D eigenvalue weighted by atomic mass is 31.2. The molecule has 4 rings (SSSR count). The molecule has 18 heteroatoms. The number of aromatic nitrogens is 6. The summed E-state index contributed by atoms with van der Waals surface area (Å²) in [6.45, 7) is -0.624. The molecule has 174 valence electrons. The van der Waals surface area contributed by atoms with Gasteiger partial charge in [-0.15, -0.1) is 0 Å². The lowest BCUT2D eigenvalue weighted by Gasteiger charge is -2.22. The van der Waals surface area contributed by atoms with Gasteiger partial charge >= 0.3 is 13.5 Å². The number of anilines is 2. The summed E-state index contributed by atoms with van der Waals surface area (Å²) in [7, 11) is -4.98. The number of fused-ring (bicyclic) bond motifs is 1. The van der Waals surface area contributed by atoms with Crippen molar-refractivity contribution in [2.45, 2.75) is 24.5 Å². The molecule has 0 aromatic carbocycles. The van der Waals surface area contributed by atoms with Crippen LogP contribution >= 0.6 is 7.82 Å². The summed E-state index contributed by atoms with van der Waals surface area (Å²) >= 11 is 0. The second-order valence-electron chi connectivity index (χ2n) is 6.40. The zero-order chi connectivity index (χ0) is 23.6. The van der Waals surface area contributed by atoms with Gasteiger partial charge in [-0.3, -0.25) is 23.9 Å². The Hall–Kier alpha value is -3.18. The Balaban J connectivity index is 0.000000305. The number of phosphoric ester groups is 1. The summed E-state index contributed by atoms with van der Waals surface area (Å²) in [4.78, 5) is 55.7. The molecule has 1 aliphatic rings. The van der Waals surface area contributed by atoms with E-state index in [9.17, 15) is 24.4 Å². The van der Waals surface area contributed by atoms with Crippen molar-refractivity contribution in [3.8, 4) is 0 Å². The van der Waals surface area contributed by atoms with Gasteiger partial charge in [-0.25, -0.2) is 19.3 Å². The molecule has 4 atom stereocenters. The molecule has 32 heavy (non-hydrogen) atoms. The van der Waals surface area contributed by atoms with E-state index in [1.807, 2.05) is 0 Å². The van der Waals surface area contributed by atoms with Gasteiger partial charge in [0.05, 0.1) is 12.9 Å². The molecule has 0 spiro atoms.